The molecule has 0 amide bonds. The van der Waals surface area contributed by atoms with Crippen molar-refractivity contribution < 1.29 is 17.1 Å². The second-order valence-corrected chi connectivity index (χ2v) is 4.80. The van der Waals surface area contributed by atoms with Gasteiger partial charge in [0.2, 0.25) is 0 Å². The smallest absolute Gasteiger partial charge is 0.329 e. The van der Waals surface area contributed by atoms with Gasteiger partial charge in [0.05, 0.1) is 0 Å². The Hall–Kier alpha value is -0.421. The van der Waals surface area contributed by atoms with Crippen molar-refractivity contribution in [2.75, 3.05) is 39.3 Å². The molecule has 4 nitrogen and oxygen atoms in total. The van der Waals surface area contributed by atoms with Crippen molar-refractivity contribution in [2.24, 2.45) is 5.73 Å². The first-order valence-electron chi connectivity index (χ1n) is 6.80. The van der Waals surface area contributed by atoms with Crippen LogP contribution in [0.2, 0.25) is 0 Å². The minimum Gasteiger partial charge on any atom is -0.329 e. The molecule has 0 aliphatic carbocycles. The van der Waals surface area contributed by atoms with E-state index >= 15 is 0 Å². The van der Waals surface area contributed by atoms with Crippen LogP contribution in [-0.4, -0.2) is 44.2 Å². The van der Waals surface area contributed by atoms with Crippen LogP contribution >= 0.6 is 0 Å². The number of nitrogens with zero attached hydrogens (tertiary/aromatic N) is 1. The van der Waals surface area contributed by atoms with Gasteiger partial charge in [-0.25, -0.2) is 0 Å². The number of benzene rings is 1. The van der Waals surface area contributed by atoms with E-state index in [2.05, 4.69) is 39.8 Å². The van der Waals surface area contributed by atoms with E-state index in [1.54, 1.807) is 0 Å². The molecule has 1 aromatic carbocycles. The van der Waals surface area contributed by atoms with Crippen molar-refractivity contribution in [3.63, 3.8) is 0 Å². The molecule has 0 spiro atoms. The molecular formula is C14H24MnN4+2. The second-order valence-electron chi connectivity index (χ2n) is 4.80. The van der Waals surface area contributed by atoms with Crippen LogP contribution in [0.15, 0.2) is 24.3 Å². The third kappa shape index (κ3) is 6.04. The summed E-state index contributed by atoms with van der Waals surface area (Å²) in [6, 6.07) is 8.78. The molecule has 19 heavy (non-hydrogen) atoms. The van der Waals surface area contributed by atoms with Crippen LogP contribution in [0.5, 0.6) is 0 Å². The summed E-state index contributed by atoms with van der Waals surface area (Å²) >= 11 is 0. The fourth-order valence-corrected chi connectivity index (χ4v) is 2.31. The van der Waals surface area contributed by atoms with Gasteiger partial charge < -0.3 is 16.4 Å². The van der Waals surface area contributed by atoms with Crippen LogP contribution in [-0.2, 0) is 30.2 Å². The maximum absolute atomic E-state index is 5.64. The Balaban J connectivity index is 0.00000180. The van der Waals surface area contributed by atoms with Gasteiger partial charge in [-0.1, -0.05) is 24.3 Å². The molecule has 1 radical (unpaired) electrons. The zero-order chi connectivity index (χ0) is 12.6. The zero-order valence-corrected chi connectivity index (χ0v) is 12.5. The second kappa shape index (κ2) is 9.48. The Morgan fingerprint density at radius 3 is 2.16 bits per heavy atom. The Labute approximate surface area is 126 Å². The summed E-state index contributed by atoms with van der Waals surface area (Å²) in [5.41, 5.74) is 8.36. The summed E-state index contributed by atoms with van der Waals surface area (Å²) in [5, 5.41) is 6.99. The van der Waals surface area contributed by atoms with Gasteiger partial charge >= 0.3 is 17.1 Å². The number of nitrogens with one attached hydrogen (secondary N) is 2. The molecule has 1 heterocycles. The summed E-state index contributed by atoms with van der Waals surface area (Å²) in [7, 11) is 0. The minimum atomic E-state index is 0. The summed E-state index contributed by atoms with van der Waals surface area (Å²) < 4.78 is 0. The molecule has 4 N–H and O–H groups in total. The first-order valence-corrected chi connectivity index (χ1v) is 6.80. The molecule has 1 aromatic rings. The molecule has 1 aliphatic rings. The zero-order valence-electron chi connectivity index (χ0n) is 11.4. The van der Waals surface area contributed by atoms with Crippen molar-refractivity contribution >= 4 is 0 Å². The number of hydrogen-bond donors (Lipinski definition) is 3. The van der Waals surface area contributed by atoms with E-state index < -0.39 is 0 Å². The van der Waals surface area contributed by atoms with Gasteiger partial charge in [0, 0.05) is 52.4 Å². The molecule has 105 valence electrons. The Morgan fingerprint density at radius 1 is 1.05 bits per heavy atom. The number of hydrogen-bond acceptors (Lipinski definition) is 4. The summed E-state index contributed by atoms with van der Waals surface area (Å²) in [4.78, 5) is 2.41. The fourth-order valence-electron chi connectivity index (χ4n) is 2.31. The van der Waals surface area contributed by atoms with E-state index in [0.717, 1.165) is 52.4 Å². The Morgan fingerprint density at radius 2 is 1.63 bits per heavy atom. The molecule has 0 unspecified atom stereocenters. The topological polar surface area (TPSA) is 53.3 Å². The van der Waals surface area contributed by atoms with Crippen molar-refractivity contribution in [1.29, 1.82) is 0 Å². The van der Waals surface area contributed by atoms with Crippen molar-refractivity contribution in [1.82, 2.24) is 15.5 Å². The molecule has 0 aromatic heterocycles. The molecule has 2 bridgehead atoms. The molecule has 5 heteroatoms. The van der Waals surface area contributed by atoms with Crippen LogP contribution in [0.25, 0.3) is 0 Å². The van der Waals surface area contributed by atoms with E-state index in [9.17, 15) is 0 Å². The molecule has 0 saturated heterocycles. The van der Waals surface area contributed by atoms with E-state index in [4.69, 9.17) is 5.73 Å². The van der Waals surface area contributed by atoms with Crippen LogP contribution in [0.4, 0.5) is 0 Å². The Bertz CT molecular complexity index is 332. The third-order valence-electron chi connectivity index (χ3n) is 3.30. The van der Waals surface area contributed by atoms with Gasteiger partial charge in [0.15, 0.2) is 0 Å². The summed E-state index contributed by atoms with van der Waals surface area (Å²) in [5.74, 6) is 0. The number of nitrogens with two attached hydrogens (primary N) is 1. The van der Waals surface area contributed by atoms with Gasteiger partial charge in [-0.05, 0) is 11.1 Å². The van der Waals surface area contributed by atoms with Crippen LogP contribution < -0.4 is 16.4 Å². The molecule has 0 fully saturated rings. The molecule has 0 saturated carbocycles. The van der Waals surface area contributed by atoms with Gasteiger partial charge in [-0.2, -0.15) is 0 Å². The van der Waals surface area contributed by atoms with Crippen molar-refractivity contribution in [3.8, 4) is 0 Å². The standard InChI is InChI=1S/C14H24N4.Mn/c15-4-7-18-8-5-16-11-13-2-1-3-14(10-13)12-17-6-9-18;/h1-3,10,16-17H,4-9,11-12,15H2;/q;+2. The van der Waals surface area contributed by atoms with Crippen LogP contribution in [0, 0.1) is 0 Å². The van der Waals surface area contributed by atoms with Crippen molar-refractivity contribution in [2.45, 2.75) is 13.1 Å². The van der Waals surface area contributed by atoms with E-state index in [1.807, 2.05) is 0 Å². The molecule has 1 aliphatic heterocycles. The fraction of sp³-hybridized carbons (Fsp3) is 0.571. The summed E-state index contributed by atoms with van der Waals surface area (Å²) in [6.07, 6.45) is 0. The average Bonchev–Trinajstić information content (AvgIpc) is 2.39. The minimum absolute atomic E-state index is 0. The van der Waals surface area contributed by atoms with Crippen LogP contribution in [0.3, 0.4) is 0 Å². The predicted molar refractivity (Wildman–Crippen MR) is 75.3 cm³/mol. The first-order chi connectivity index (χ1) is 8.88. The maximum Gasteiger partial charge on any atom is 2.00 e. The van der Waals surface area contributed by atoms with Gasteiger partial charge in [0.25, 0.3) is 0 Å². The van der Waals surface area contributed by atoms with Crippen LogP contribution in [0.1, 0.15) is 11.1 Å². The first kappa shape index (κ1) is 16.6. The predicted octanol–water partition coefficient (Wildman–Crippen LogP) is 0.138. The maximum atomic E-state index is 5.64. The quantitative estimate of drug-likeness (QED) is 0.680. The monoisotopic (exact) mass is 303 g/mol. The van der Waals surface area contributed by atoms with E-state index in [0.29, 0.717) is 0 Å². The third-order valence-corrected chi connectivity index (χ3v) is 3.30. The molecule has 2 rings (SSSR count). The normalized spacial score (nSPS) is 17.9. The Kier molecular flexibility index (Phi) is 8.30. The molecule has 0 atom stereocenters. The number of fused-ring (bicyclic) bond motifs is 2. The SMILES string of the molecule is NCCN1CCNCc2cccc(c2)CNCC1.[Mn+2]. The number of rotatable bonds is 2. The van der Waals surface area contributed by atoms with E-state index in [-0.39, 0.29) is 17.1 Å². The molecular weight excluding hydrogens is 279 g/mol. The largest absolute Gasteiger partial charge is 2.00 e. The van der Waals surface area contributed by atoms with Gasteiger partial charge in [-0.3, -0.25) is 4.90 Å². The average molecular weight is 303 g/mol. The van der Waals surface area contributed by atoms with Gasteiger partial charge in [-0.15, -0.1) is 0 Å². The summed E-state index contributed by atoms with van der Waals surface area (Å²) in [6.45, 7) is 7.79. The van der Waals surface area contributed by atoms with Crippen molar-refractivity contribution in [3.05, 3.63) is 35.4 Å². The van der Waals surface area contributed by atoms with E-state index in [1.165, 1.54) is 11.1 Å². The van der Waals surface area contributed by atoms with Gasteiger partial charge in [0.1, 0.15) is 0 Å².